The second-order valence-electron chi connectivity index (χ2n) is 7.94. The number of benzene rings is 1. The first-order chi connectivity index (χ1) is 12.7. The Hall–Kier alpha value is -2.35. The summed E-state index contributed by atoms with van der Waals surface area (Å²) in [5, 5.41) is 0. The van der Waals surface area contributed by atoms with E-state index < -0.39 is 0 Å². The minimum atomic E-state index is 0.368. The van der Waals surface area contributed by atoms with Gasteiger partial charge in [-0.3, -0.25) is 4.99 Å². The fourth-order valence-electron chi connectivity index (χ4n) is 3.97. The molecular formula is C25H34N2. The van der Waals surface area contributed by atoms with Gasteiger partial charge in [0.15, 0.2) is 0 Å². The quantitative estimate of drug-likeness (QED) is 0.402. The van der Waals surface area contributed by atoms with Crippen LogP contribution in [0.5, 0.6) is 0 Å². The van der Waals surface area contributed by atoms with Gasteiger partial charge >= 0.3 is 0 Å². The molecular weight excluding hydrogens is 328 g/mol. The van der Waals surface area contributed by atoms with E-state index in [-0.39, 0.29) is 0 Å². The fourth-order valence-corrected chi connectivity index (χ4v) is 3.97. The van der Waals surface area contributed by atoms with E-state index in [9.17, 15) is 0 Å². The molecule has 27 heavy (non-hydrogen) atoms. The molecule has 0 spiro atoms. The van der Waals surface area contributed by atoms with E-state index in [1.54, 1.807) is 0 Å². The Balaban J connectivity index is 2.45. The fraction of sp³-hybridized carbons (Fsp3) is 0.400. The number of hydrogen-bond donors (Lipinski definition) is 0. The van der Waals surface area contributed by atoms with Crippen molar-refractivity contribution in [2.45, 2.75) is 53.5 Å². The lowest BCUT2D eigenvalue weighted by Crippen LogP contribution is -2.28. The lowest BCUT2D eigenvalue weighted by Gasteiger charge is -2.28. The van der Waals surface area contributed by atoms with E-state index in [2.05, 4.69) is 82.7 Å². The number of aliphatic imine (C=N–C) groups is 1. The molecule has 2 rings (SSSR count). The molecule has 2 heteroatoms. The van der Waals surface area contributed by atoms with Crippen LogP contribution in [-0.4, -0.2) is 23.2 Å². The summed E-state index contributed by atoms with van der Waals surface area (Å²) in [4.78, 5) is 7.30. The van der Waals surface area contributed by atoms with Crippen molar-refractivity contribution in [1.82, 2.24) is 4.90 Å². The number of aryl methyl sites for hydroxylation is 1. The lowest BCUT2D eigenvalue weighted by molar-refractivity contribution is 0.356. The number of likely N-dealkylation sites (tertiary alicyclic amines) is 1. The summed E-state index contributed by atoms with van der Waals surface area (Å²) < 4.78 is 0. The van der Waals surface area contributed by atoms with Gasteiger partial charge in [-0.05, 0) is 64.5 Å². The van der Waals surface area contributed by atoms with Crippen LogP contribution in [0.2, 0.25) is 0 Å². The van der Waals surface area contributed by atoms with Crippen molar-refractivity contribution in [2.75, 3.05) is 6.54 Å². The molecule has 0 aliphatic carbocycles. The molecule has 2 unspecified atom stereocenters. The van der Waals surface area contributed by atoms with Crippen LogP contribution in [-0.2, 0) is 0 Å². The molecule has 0 amide bonds. The largest absolute Gasteiger partial charge is 0.368 e. The topological polar surface area (TPSA) is 15.6 Å². The molecule has 0 saturated carbocycles. The first-order valence-electron chi connectivity index (χ1n) is 9.76. The zero-order chi connectivity index (χ0) is 20.1. The van der Waals surface area contributed by atoms with Gasteiger partial charge in [-0.25, -0.2) is 0 Å². The van der Waals surface area contributed by atoms with Crippen LogP contribution in [0.4, 0.5) is 0 Å². The summed E-state index contributed by atoms with van der Waals surface area (Å²) >= 11 is 0. The van der Waals surface area contributed by atoms with Crippen molar-refractivity contribution < 1.29 is 0 Å². The van der Waals surface area contributed by atoms with Gasteiger partial charge in [-0.2, -0.15) is 0 Å². The maximum Gasteiger partial charge on any atom is 0.0753 e. The summed E-state index contributed by atoms with van der Waals surface area (Å²) in [6.45, 7) is 23.8. The van der Waals surface area contributed by atoms with Crippen LogP contribution in [0, 0.1) is 12.8 Å². The van der Waals surface area contributed by atoms with Gasteiger partial charge in [-0.15, -0.1) is 13.2 Å². The molecule has 144 valence electrons. The SMILES string of the molecule is C=CC1CC(CC(=C)C)CN1/C(C)=C(\C)C(=NC(=C)C)c1ccccc1C. The Bertz CT molecular complexity index is 794. The van der Waals surface area contributed by atoms with Crippen LogP contribution in [0.1, 0.15) is 51.7 Å². The third-order valence-corrected chi connectivity index (χ3v) is 5.37. The zero-order valence-electron chi connectivity index (χ0n) is 17.7. The highest BCUT2D eigenvalue weighted by atomic mass is 15.2. The van der Waals surface area contributed by atoms with E-state index in [1.807, 2.05) is 6.92 Å². The molecule has 1 heterocycles. The first kappa shape index (κ1) is 21.0. The number of nitrogens with zero attached hydrogens (tertiary/aromatic N) is 2. The highest BCUT2D eigenvalue weighted by Gasteiger charge is 2.31. The average Bonchev–Trinajstić information content (AvgIpc) is 3.01. The van der Waals surface area contributed by atoms with Crippen LogP contribution in [0.3, 0.4) is 0 Å². The molecule has 2 atom stereocenters. The second kappa shape index (κ2) is 9.03. The van der Waals surface area contributed by atoms with Crippen molar-refractivity contribution in [2.24, 2.45) is 10.9 Å². The summed E-state index contributed by atoms with van der Waals surface area (Å²) in [7, 11) is 0. The van der Waals surface area contributed by atoms with Gasteiger partial charge in [0, 0.05) is 29.5 Å². The van der Waals surface area contributed by atoms with Crippen molar-refractivity contribution >= 4 is 5.71 Å². The maximum atomic E-state index is 4.82. The minimum Gasteiger partial charge on any atom is -0.368 e. The van der Waals surface area contributed by atoms with Gasteiger partial charge in [0.1, 0.15) is 0 Å². The Morgan fingerprint density at radius 1 is 1.19 bits per heavy atom. The van der Waals surface area contributed by atoms with E-state index >= 15 is 0 Å². The Kier molecular flexibility index (Phi) is 7.01. The van der Waals surface area contributed by atoms with E-state index in [0.717, 1.165) is 30.8 Å². The standard InChI is InChI=1S/C25H34N2/c1-9-23-15-22(14-17(2)3)16-27(23)21(8)20(7)25(26-18(4)5)24-13-11-10-12-19(24)6/h9-13,22-23H,1-2,4,14-16H2,3,5-8H3/b21-20+,26-25?. The Labute approximate surface area is 165 Å². The van der Waals surface area contributed by atoms with Gasteiger partial charge in [0.05, 0.1) is 5.71 Å². The predicted molar refractivity (Wildman–Crippen MR) is 119 cm³/mol. The van der Waals surface area contributed by atoms with E-state index in [1.165, 1.54) is 28.0 Å². The molecule has 0 aromatic heterocycles. The van der Waals surface area contributed by atoms with Crippen molar-refractivity contribution in [3.63, 3.8) is 0 Å². The van der Waals surface area contributed by atoms with Crippen molar-refractivity contribution in [3.05, 3.63) is 83.7 Å². The summed E-state index contributed by atoms with van der Waals surface area (Å²) in [6, 6.07) is 8.79. The molecule has 1 aliphatic rings. The normalized spacial score (nSPS) is 21.1. The number of allylic oxidation sites excluding steroid dienone is 4. The zero-order valence-corrected chi connectivity index (χ0v) is 17.7. The predicted octanol–water partition coefficient (Wildman–Crippen LogP) is 6.45. The highest BCUT2D eigenvalue weighted by molar-refractivity contribution is 6.13. The molecule has 0 bridgehead atoms. The maximum absolute atomic E-state index is 4.82. The molecule has 0 N–H and O–H groups in total. The molecule has 1 aromatic carbocycles. The van der Waals surface area contributed by atoms with Crippen molar-refractivity contribution in [3.8, 4) is 0 Å². The van der Waals surface area contributed by atoms with Crippen LogP contribution < -0.4 is 0 Å². The first-order valence-corrected chi connectivity index (χ1v) is 9.76. The van der Waals surface area contributed by atoms with Gasteiger partial charge in [0.25, 0.3) is 0 Å². The third kappa shape index (κ3) is 5.09. The van der Waals surface area contributed by atoms with Gasteiger partial charge in [-0.1, -0.05) is 42.5 Å². The number of hydrogen-bond acceptors (Lipinski definition) is 2. The average molecular weight is 363 g/mol. The van der Waals surface area contributed by atoms with Crippen LogP contribution >= 0.6 is 0 Å². The molecule has 2 nitrogen and oxygen atoms in total. The van der Waals surface area contributed by atoms with Crippen LogP contribution in [0.25, 0.3) is 0 Å². The third-order valence-electron chi connectivity index (χ3n) is 5.37. The smallest absolute Gasteiger partial charge is 0.0753 e. The molecule has 0 radical (unpaired) electrons. The highest BCUT2D eigenvalue weighted by Crippen LogP contribution is 2.33. The molecule has 1 aliphatic heterocycles. The second-order valence-corrected chi connectivity index (χ2v) is 7.94. The van der Waals surface area contributed by atoms with Gasteiger partial charge < -0.3 is 4.90 Å². The summed E-state index contributed by atoms with van der Waals surface area (Å²) in [5.74, 6) is 0.633. The van der Waals surface area contributed by atoms with Gasteiger partial charge in [0.2, 0.25) is 0 Å². The minimum absolute atomic E-state index is 0.368. The van der Waals surface area contributed by atoms with Crippen LogP contribution in [0.15, 0.2) is 77.6 Å². The monoisotopic (exact) mass is 362 g/mol. The summed E-state index contributed by atoms with van der Waals surface area (Å²) in [6.07, 6.45) is 4.30. The molecule has 1 fully saturated rings. The number of rotatable bonds is 7. The van der Waals surface area contributed by atoms with Crippen molar-refractivity contribution in [1.29, 1.82) is 0 Å². The lowest BCUT2D eigenvalue weighted by atomic mass is 9.97. The Morgan fingerprint density at radius 3 is 2.41 bits per heavy atom. The Morgan fingerprint density at radius 2 is 1.85 bits per heavy atom. The molecule has 1 saturated heterocycles. The molecule has 1 aromatic rings. The summed E-state index contributed by atoms with van der Waals surface area (Å²) in [5.41, 5.74) is 7.97. The van der Waals surface area contributed by atoms with E-state index in [0.29, 0.717) is 12.0 Å². The van der Waals surface area contributed by atoms with E-state index in [4.69, 9.17) is 4.99 Å².